The molecule has 0 amide bonds. The number of aliphatic carboxylic acids is 1. The summed E-state index contributed by atoms with van der Waals surface area (Å²) in [5.74, 6) is -1.72. The predicted octanol–water partition coefficient (Wildman–Crippen LogP) is 7.96. The summed E-state index contributed by atoms with van der Waals surface area (Å²) >= 11 is 1.38. The van der Waals surface area contributed by atoms with Crippen molar-refractivity contribution < 1.29 is 29.0 Å². The van der Waals surface area contributed by atoms with E-state index in [-0.39, 0.29) is 24.7 Å². The molecule has 0 aromatic heterocycles. The summed E-state index contributed by atoms with van der Waals surface area (Å²) in [6.45, 7) is 7.79. The molecular formula is C29H54O6S. The third-order valence-electron chi connectivity index (χ3n) is 5.98. The molecule has 0 fully saturated rings. The van der Waals surface area contributed by atoms with Gasteiger partial charge in [-0.05, 0) is 27.2 Å². The molecule has 0 heterocycles. The van der Waals surface area contributed by atoms with E-state index in [1.807, 2.05) is 0 Å². The zero-order valence-corrected chi connectivity index (χ0v) is 24.4. The molecule has 1 atom stereocenters. The molecule has 0 aromatic rings. The summed E-state index contributed by atoms with van der Waals surface area (Å²) in [5.41, 5.74) is -0.631. The topological polar surface area (TPSA) is 89.9 Å². The number of carbonyl (C=O) groups excluding carboxylic acids is 2. The van der Waals surface area contributed by atoms with Crippen LogP contribution >= 0.6 is 11.8 Å². The van der Waals surface area contributed by atoms with Crippen LogP contribution in [0.25, 0.3) is 0 Å². The average Bonchev–Trinajstić information content (AvgIpc) is 2.79. The van der Waals surface area contributed by atoms with E-state index in [9.17, 15) is 19.5 Å². The fourth-order valence-electron chi connectivity index (χ4n) is 3.95. The summed E-state index contributed by atoms with van der Waals surface area (Å²) in [6.07, 6.45) is 19.7. The van der Waals surface area contributed by atoms with Gasteiger partial charge in [0.2, 0.25) is 0 Å². The number of hydrogen-bond acceptors (Lipinski definition) is 6. The second-order valence-electron chi connectivity index (χ2n) is 10.8. The van der Waals surface area contributed by atoms with Crippen LogP contribution in [0.1, 0.15) is 137 Å². The number of carboxylic acid groups (broad SMARTS) is 1. The highest BCUT2D eigenvalue weighted by molar-refractivity contribution is 7.99. The number of carbonyl (C=O) groups is 3. The molecule has 6 nitrogen and oxygen atoms in total. The Bertz CT molecular complexity index is 573. The second-order valence-corrected chi connectivity index (χ2v) is 12.0. The van der Waals surface area contributed by atoms with Crippen molar-refractivity contribution in [3.05, 3.63) is 0 Å². The van der Waals surface area contributed by atoms with Crippen LogP contribution in [0, 0.1) is 5.92 Å². The average molecular weight is 531 g/mol. The van der Waals surface area contributed by atoms with Gasteiger partial charge in [0.05, 0.1) is 12.3 Å². The van der Waals surface area contributed by atoms with Gasteiger partial charge in [-0.15, -0.1) is 0 Å². The van der Waals surface area contributed by atoms with Crippen LogP contribution in [0.4, 0.5) is 0 Å². The van der Waals surface area contributed by atoms with Crippen molar-refractivity contribution >= 4 is 29.7 Å². The molecule has 0 aliphatic carbocycles. The molecule has 0 unspecified atom stereocenters. The maximum absolute atomic E-state index is 11.9. The van der Waals surface area contributed by atoms with E-state index in [1.54, 1.807) is 20.8 Å². The molecule has 0 radical (unpaired) electrons. The van der Waals surface area contributed by atoms with Gasteiger partial charge in [0.15, 0.2) is 0 Å². The Morgan fingerprint density at radius 3 is 1.67 bits per heavy atom. The first-order valence-corrected chi connectivity index (χ1v) is 15.5. The maximum Gasteiger partial charge on any atom is 0.307 e. The van der Waals surface area contributed by atoms with Gasteiger partial charge in [-0.25, -0.2) is 0 Å². The first kappa shape index (κ1) is 34.8. The van der Waals surface area contributed by atoms with E-state index in [4.69, 9.17) is 9.47 Å². The van der Waals surface area contributed by atoms with Crippen LogP contribution < -0.4 is 0 Å². The first-order chi connectivity index (χ1) is 17.2. The van der Waals surface area contributed by atoms with E-state index in [2.05, 4.69) is 6.92 Å². The molecule has 7 heteroatoms. The predicted molar refractivity (Wildman–Crippen MR) is 149 cm³/mol. The van der Waals surface area contributed by atoms with Crippen molar-refractivity contribution in [2.24, 2.45) is 5.92 Å². The highest BCUT2D eigenvalue weighted by atomic mass is 32.2. The normalized spacial score (nSPS) is 12.3. The Balaban J connectivity index is 3.56. The number of thioether (sulfide) groups is 1. The molecule has 0 saturated heterocycles. The fraction of sp³-hybridized carbons (Fsp3) is 0.897. The molecule has 0 aliphatic rings. The standard InChI is InChI=1S/C29H54O6S/c1-5-6-7-8-9-10-11-12-13-14-15-16-17-18-19-20-26(30)34-21-22-36-24-25(28(32)33)23-27(31)35-29(2,3)4/h25H,5-24H2,1-4H3,(H,32,33)/t25-/m0/s1. The zero-order chi connectivity index (χ0) is 27.1. The number of unbranched alkanes of at least 4 members (excludes halogenated alkanes) is 14. The SMILES string of the molecule is CCCCCCCCCCCCCCCCCC(=O)OCCSC[C@H](CC(=O)OC(C)(C)C)C(=O)O. The molecule has 0 rings (SSSR count). The third kappa shape index (κ3) is 24.5. The molecular weight excluding hydrogens is 476 g/mol. The molecule has 0 aliphatic heterocycles. The van der Waals surface area contributed by atoms with Crippen LogP contribution in [0.15, 0.2) is 0 Å². The Hall–Kier alpha value is -1.24. The van der Waals surface area contributed by atoms with Gasteiger partial charge in [0, 0.05) is 17.9 Å². The lowest BCUT2D eigenvalue weighted by atomic mass is 10.0. The quantitative estimate of drug-likeness (QED) is 0.0999. The molecule has 36 heavy (non-hydrogen) atoms. The minimum Gasteiger partial charge on any atom is -0.481 e. The molecule has 212 valence electrons. The lowest BCUT2D eigenvalue weighted by Crippen LogP contribution is -2.28. The van der Waals surface area contributed by atoms with Crippen molar-refractivity contribution in [1.29, 1.82) is 0 Å². The molecule has 0 saturated carbocycles. The number of ether oxygens (including phenoxy) is 2. The number of rotatable bonds is 24. The number of carboxylic acids is 1. The summed E-state index contributed by atoms with van der Waals surface area (Å²) in [4.78, 5) is 35.1. The smallest absolute Gasteiger partial charge is 0.307 e. The van der Waals surface area contributed by atoms with Crippen molar-refractivity contribution in [2.45, 2.75) is 142 Å². The minimum absolute atomic E-state index is 0.154. The van der Waals surface area contributed by atoms with Gasteiger partial charge >= 0.3 is 17.9 Å². The fourth-order valence-corrected chi connectivity index (χ4v) is 4.87. The van der Waals surface area contributed by atoms with Gasteiger partial charge in [0.1, 0.15) is 12.2 Å². The monoisotopic (exact) mass is 530 g/mol. The largest absolute Gasteiger partial charge is 0.481 e. The number of esters is 2. The van der Waals surface area contributed by atoms with Gasteiger partial charge in [-0.2, -0.15) is 11.8 Å². The summed E-state index contributed by atoms with van der Waals surface area (Å²) in [7, 11) is 0. The van der Waals surface area contributed by atoms with Crippen molar-refractivity contribution in [2.75, 3.05) is 18.1 Å². The van der Waals surface area contributed by atoms with Crippen LogP contribution in [0.3, 0.4) is 0 Å². The van der Waals surface area contributed by atoms with Crippen LogP contribution in [0.5, 0.6) is 0 Å². The van der Waals surface area contributed by atoms with Crippen molar-refractivity contribution in [3.63, 3.8) is 0 Å². The molecule has 1 N–H and O–H groups in total. The van der Waals surface area contributed by atoms with Gasteiger partial charge in [-0.3, -0.25) is 14.4 Å². The lowest BCUT2D eigenvalue weighted by molar-refractivity contribution is -0.159. The van der Waals surface area contributed by atoms with E-state index in [1.165, 1.54) is 95.2 Å². The maximum atomic E-state index is 11.9. The van der Waals surface area contributed by atoms with Gasteiger partial charge in [0.25, 0.3) is 0 Å². The second kappa shape index (κ2) is 22.9. The van der Waals surface area contributed by atoms with Gasteiger partial charge in [-0.1, -0.05) is 96.8 Å². The molecule has 0 spiro atoms. The Labute approximate surface area is 225 Å². The summed E-state index contributed by atoms with van der Waals surface area (Å²) in [6, 6.07) is 0. The third-order valence-corrected chi connectivity index (χ3v) is 7.07. The van der Waals surface area contributed by atoms with E-state index in [0.29, 0.717) is 12.2 Å². The Morgan fingerprint density at radius 1 is 0.750 bits per heavy atom. The van der Waals surface area contributed by atoms with Crippen molar-refractivity contribution in [3.8, 4) is 0 Å². The Morgan fingerprint density at radius 2 is 1.22 bits per heavy atom. The van der Waals surface area contributed by atoms with E-state index in [0.717, 1.165) is 12.8 Å². The van der Waals surface area contributed by atoms with Crippen molar-refractivity contribution in [1.82, 2.24) is 0 Å². The summed E-state index contributed by atoms with van der Waals surface area (Å²) < 4.78 is 10.5. The summed E-state index contributed by atoms with van der Waals surface area (Å²) in [5, 5.41) is 9.32. The Kier molecular flexibility index (Phi) is 22.1. The zero-order valence-electron chi connectivity index (χ0n) is 23.6. The molecule has 0 bridgehead atoms. The van der Waals surface area contributed by atoms with Crippen LogP contribution in [-0.2, 0) is 23.9 Å². The first-order valence-electron chi connectivity index (χ1n) is 14.3. The highest BCUT2D eigenvalue weighted by Crippen LogP contribution is 2.17. The van der Waals surface area contributed by atoms with E-state index < -0.39 is 23.5 Å². The number of hydrogen-bond donors (Lipinski definition) is 1. The highest BCUT2D eigenvalue weighted by Gasteiger charge is 2.25. The molecule has 0 aromatic carbocycles. The van der Waals surface area contributed by atoms with Crippen LogP contribution in [-0.4, -0.2) is 46.7 Å². The van der Waals surface area contributed by atoms with Crippen LogP contribution in [0.2, 0.25) is 0 Å². The van der Waals surface area contributed by atoms with Gasteiger partial charge < -0.3 is 14.6 Å². The van der Waals surface area contributed by atoms with E-state index >= 15 is 0 Å². The minimum atomic E-state index is -1.02. The lowest BCUT2D eigenvalue weighted by Gasteiger charge is -2.20.